The van der Waals surface area contributed by atoms with Crippen molar-refractivity contribution >= 4 is 39.1 Å². The van der Waals surface area contributed by atoms with E-state index in [4.69, 9.17) is 5.73 Å². The molecule has 0 aliphatic carbocycles. The summed E-state index contributed by atoms with van der Waals surface area (Å²) in [6.07, 6.45) is -3.05. The number of hydrogen-bond acceptors (Lipinski definition) is 8. The quantitative estimate of drug-likeness (QED) is 0.599. The van der Waals surface area contributed by atoms with Crippen LogP contribution < -0.4 is 16.0 Å². The zero-order valence-corrected chi connectivity index (χ0v) is 16.3. The van der Waals surface area contributed by atoms with Crippen molar-refractivity contribution in [1.29, 1.82) is 0 Å². The molecule has 0 bridgehead atoms. The van der Waals surface area contributed by atoms with Crippen LogP contribution in [0, 0.1) is 6.92 Å². The highest BCUT2D eigenvalue weighted by molar-refractivity contribution is 7.21. The molecule has 0 unspecified atom stereocenters. The molecule has 158 valence electrons. The van der Waals surface area contributed by atoms with E-state index >= 15 is 0 Å². The summed E-state index contributed by atoms with van der Waals surface area (Å²) in [6.45, 7) is 1.57. The first-order valence-corrected chi connectivity index (χ1v) is 9.55. The summed E-state index contributed by atoms with van der Waals surface area (Å²) >= 11 is 1.07. The Kier molecular flexibility index (Phi) is 4.92. The third-order valence-electron chi connectivity index (χ3n) is 4.79. The highest BCUT2D eigenvalue weighted by Crippen LogP contribution is 2.35. The molecule has 4 heterocycles. The van der Waals surface area contributed by atoms with E-state index in [1.807, 2.05) is 0 Å². The van der Waals surface area contributed by atoms with Crippen molar-refractivity contribution in [3.8, 4) is 0 Å². The number of hydrogen-bond donors (Lipinski definition) is 2. The first-order chi connectivity index (χ1) is 14.2. The van der Waals surface area contributed by atoms with Gasteiger partial charge in [0.1, 0.15) is 16.4 Å². The number of halogens is 4. The molecule has 3 N–H and O–H groups in total. The first-order valence-electron chi connectivity index (χ1n) is 8.74. The number of carbonyl (C=O) groups excluding carboxylic acids is 1. The zero-order chi connectivity index (χ0) is 21.6. The lowest BCUT2D eigenvalue weighted by atomic mass is 10.1. The molecule has 1 aliphatic heterocycles. The van der Waals surface area contributed by atoms with Gasteiger partial charge < -0.3 is 16.0 Å². The van der Waals surface area contributed by atoms with Crippen LogP contribution in [0.15, 0.2) is 12.4 Å². The van der Waals surface area contributed by atoms with Gasteiger partial charge in [-0.05, 0) is 12.5 Å². The lowest BCUT2D eigenvalue weighted by Crippen LogP contribution is -2.59. The van der Waals surface area contributed by atoms with E-state index in [0.717, 1.165) is 23.7 Å². The molecule has 0 radical (unpaired) electrons. The normalized spacial score (nSPS) is 14.8. The van der Waals surface area contributed by atoms with Crippen LogP contribution in [0.2, 0.25) is 0 Å². The topological polar surface area (TPSA) is 110 Å². The molecule has 1 amide bonds. The van der Waals surface area contributed by atoms with Crippen molar-refractivity contribution in [3.63, 3.8) is 0 Å². The van der Waals surface area contributed by atoms with Gasteiger partial charge in [-0.2, -0.15) is 18.3 Å². The largest absolute Gasteiger partial charge is 0.419 e. The molecule has 0 aromatic carbocycles. The predicted molar refractivity (Wildman–Crippen MR) is 102 cm³/mol. The van der Waals surface area contributed by atoms with E-state index in [2.05, 4.69) is 25.5 Å². The standard InChI is InChI=1S/C17H15F4N7OS/c1-7-10(2-18)26-27-15-11(7)12(22)13(30-15)14(29)25-9-5-28(6-9)16-23-3-8(4-24-16)17(19,20)21/h3-4,9H,2,5-6,22H2,1H3,(H,25,29). The van der Waals surface area contributed by atoms with Gasteiger partial charge in [0, 0.05) is 30.9 Å². The fourth-order valence-electron chi connectivity index (χ4n) is 3.10. The van der Waals surface area contributed by atoms with Gasteiger partial charge in [-0.25, -0.2) is 14.4 Å². The minimum atomic E-state index is -4.50. The molecule has 30 heavy (non-hydrogen) atoms. The Morgan fingerprint density at radius 1 is 1.30 bits per heavy atom. The van der Waals surface area contributed by atoms with Crippen molar-refractivity contribution < 1.29 is 22.4 Å². The van der Waals surface area contributed by atoms with Crippen molar-refractivity contribution in [2.45, 2.75) is 25.8 Å². The van der Waals surface area contributed by atoms with E-state index in [-0.39, 0.29) is 28.2 Å². The third kappa shape index (κ3) is 3.49. The van der Waals surface area contributed by atoms with Gasteiger partial charge in [-0.15, -0.1) is 16.4 Å². The highest BCUT2D eigenvalue weighted by Gasteiger charge is 2.34. The number of alkyl halides is 4. The number of anilines is 2. The molecule has 0 spiro atoms. The first kappa shape index (κ1) is 20.2. The lowest BCUT2D eigenvalue weighted by molar-refractivity contribution is -0.138. The monoisotopic (exact) mass is 441 g/mol. The Labute approximate surface area is 171 Å². The molecule has 13 heteroatoms. The summed E-state index contributed by atoms with van der Waals surface area (Å²) in [7, 11) is 0. The van der Waals surface area contributed by atoms with E-state index in [1.54, 1.807) is 11.8 Å². The summed E-state index contributed by atoms with van der Waals surface area (Å²) < 4.78 is 50.8. The fraction of sp³-hybridized carbons (Fsp3) is 0.353. The number of amides is 1. The lowest BCUT2D eigenvalue weighted by Gasteiger charge is -2.39. The Balaban J connectivity index is 1.43. The van der Waals surface area contributed by atoms with Crippen molar-refractivity contribution in [1.82, 2.24) is 25.5 Å². The number of nitrogen functional groups attached to an aromatic ring is 1. The molecular weight excluding hydrogens is 426 g/mol. The summed E-state index contributed by atoms with van der Waals surface area (Å²) in [4.78, 5) is 22.4. The number of nitrogens with zero attached hydrogens (tertiary/aromatic N) is 5. The predicted octanol–water partition coefficient (Wildman–Crippen LogP) is 2.48. The van der Waals surface area contributed by atoms with Gasteiger partial charge in [-0.3, -0.25) is 4.79 Å². The number of rotatable bonds is 4. The number of nitrogens with one attached hydrogen (secondary N) is 1. The maximum Gasteiger partial charge on any atom is 0.419 e. The second-order valence-electron chi connectivity index (χ2n) is 6.78. The van der Waals surface area contributed by atoms with Crippen LogP contribution in [0.4, 0.5) is 29.2 Å². The van der Waals surface area contributed by atoms with E-state index in [0.29, 0.717) is 28.9 Å². The van der Waals surface area contributed by atoms with Crippen LogP contribution in [0.25, 0.3) is 10.2 Å². The Hall–Kier alpha value is -3.09. The van der Waals surface area contributed by atoms with Crippen LogP contribution in [0.3, 0.4) is 0 Å². The van der Waals surface area contributed by atoms with Gasteiger partial charge in [0.15, 0.2) is 0 Å². The molecule has 1 fully saturated rings. The van der Waals surface area contributed by atoms with Gasteiger partial charge in [-0.1, -0.05) is 0 Å². The highest BCUT2D eigenvalue weighted by atomic mass is 32.1. The average molecular weight is 441 g/mol. The SMILES string of the molecule is Cc1c(CF)nnc2sc(C(=O)NC3CN(c4ncc(C(F)(F)F)cn4)C3)c(N)c12. The van der Waals surface area contributed by atoms with E-state index in [1.165, 1.54) is 0 Å². The van der Waals surface area contributed by atoms with Crippen LogP contribution >= 0.6 is 11.3 Å². The second kappa shape index (κ2) is 7.31. The molecule has 3 aromatic rings. The fourth-order valence-corrected chi connectivity index (χ4v) is 4.10. The maximum absolute atomic E-state index is 13.0. The molecule has 1 aliphatic rings. The van der Waals surface area contributed by atoms with E-state index in [9.17, 15) is 22.4 Å². The molecule has 0 saturated carbocycles. The summed E-state index contributed by atoms with van der Waals surface area (Å²) in [5, 5.41) is 11.1. The second-order valence-corrected chi connectivity index (χ2v) is 7.77. The Bertz CT molecular complexity index is 1110. The Morgan fingerprint density at radius 2 is 1.97 bits per heavy atom. The number of fused-ring (bicyclic) bond motifs is 1. The Morgan fingerprint density at radius 3 is 2.57 bits per heavy atom. The van der Waals surface area contributed by atoms with Gasteiger partial charge in [0.05, 0.1) is 23.0 Å². The van der Waals surface area contributed by atoms with Gasteiger partial charge >= 0.3 is 6.18 Å². The molecule has 8 nitrogen and oxygen atoms in total. The smallest absolute Gasteiger partial charge is 0.397 e. The van der Waals surface area contributed by atoms with Crippen LogP contribution in [-0.2, 0) is 12.9 Å². The number of carbonyl (C=O) groups is 1. The maximum atomic E-state index is 13.0. The minimum absolute atomic E-state index is 0.152. The molecule has 3 aromatic heterocycles. The average Bonchev–Trinajstić information content (AvgIpc) is 3.01. The van der Waals surface area contributed by atoms with Crippen LogP contribution in [0.1, 0.15) is 26.5 Å². The zero-order valence-electron chi connectivity index (χ0n) is 15.5. The van der Waals surface area contributed by atoms with Crippen molar-refractivity contribution in [2.24, 2.45) is 0 Å². The third-order valence-corrected chi connectivity index (χ3v) is 5.88. The van der Waals surface area contributed by atoms with Crippen LogP contribution in [0.5, 0.6) is 0 Å². The number of aryl methyl sites for hydroxylation is 1. The molecular formula is C17H15F4N7OS. The summed E-state index contributed by atoms with van der Waals surface area (Å²) in [5.74, 6) is -0.255. The molecule has 0 atom stereocenters. The molecule has 1 saturated heterocycles. The van der Waals surface area contributed by atoms with Crippen LogP contribution in [-0.4, -0.2) is 45.2 Å². The van der Waals surface area contributed by atoms with E-state index < -0.39 is 24.3 Å². The number of thiophene rings is 1. The summed E-state index contributed by atoms with van der Waals surface area (Å²) in [5.41, 5.74) is 6.12. The number of aromatic nitrogens is 4. The van der Waals surface area contributed by atoms with Crippen molar-refractivity contribution in [3.05, 3.63) is 34.1 Å². The van der Waals surface area contributed by atoms with Gasteiger partial charge in [0.2, 0.25) is 5.95 Å². The number of nitrogens with two attached hydrogens (primary N) is 1. The minimum Gasteiger partial charge on any atom is -0.397 e. The summed E-state index contributed by atoms with van der Waals surface area (Å²) in [6, 6.07) is -0.249. The van der Waals surface area contributed by atoms with Gasteiger partial charge in [0.25, 0.3) is 5.91 Å². The molecule has 4 rings (SSSR count). The van der Waals surface area contributed by atoms with Crippen molar-refractivity contribution in [2.75, 3.05) is 23.7 Å².